The molecule has 6 aliphatic rings. The fourth-order valence-corrected chi connectivity index (χ4v) is 12.6. The summed E-state index contributed by atoms with van der Waals surface area (Å²) in [6, 6.07) is 7.98. The summed E-state index contributed by atoms with van der Waals surface area (Å²) in [6.07, 6.45) is 6.80. The standard InChI is InChI=1S/C56H80N16O9/c57-37(17-8-23-63-55(58)59)51(78)70-27-11-21-43(70)53(80)69-26-10-20-42(69)49(76)65-31-46(73)66-40(28-33-12-2-1-3-13-33)48(75)68-39-22-25-62-47(74)38(18-9-24-64-56(60)61)67-50(77)44-30-35-15-6-7-19-41(35)72(44)54(81)45-29-34-14-4-5-16-36(34)32-71(45)52(39)79/h1-5,12-14,16,35,37-45H,6-11,15,17-32,57H2,(H,62,74)(H,65,76)(H,66,73)(H,67,77)(H,68,75)(H4,58,59,63)(H4,60,61,64)/t35?,37-,38-,39-,40-,41?,42-,43-,44-,45+/m0/s1. The maximum atomic E-state index is 15.4. The molecule has 1 aliphatic carbocycles. The van der Waals surface area contributed by atoms with Crippen LogP contribution in [0.1, 0.15) is 107 Å². The molecule has 2 aromatic carbocycles. The molecule has 1 saturated carbocycles. The number of fused-ring (bicyclic) bond motifs is 5. The maximum Gasteiger partial charge on any atom is 0.246 e. The second kappa shape index (κ2) is 27.6. The third-order valence-corrected chi connectivity index (χ3v) is 16.7. The molecule has 0 aromatic heterocycles. The summed E-state index contributed by atoms with van der Waals surface area (Å²) in [5, 5.41) is 14.2. The van der Waals surface area contributed by atoms with Gasteiger partial charge >= 0.3 is 0 Å². The number of benzene rings is 2. The van der Waals surface area contributed by atoms with E-state index in [0.29, 0.717) is 76.4 Å². The van der Waals surface area contributed by atoms with Crippen molar-refractivity contribution in [2.24, 2.45) is 44.6 Å². The van der Waals surface area contributed by atoms with Crippen molar-refractivity contribution in [3.63, 3.8) is 0 Å². The monoisotopic (exact) mass is 1120 g/mol. The second-order valence-electron chi connectivity index (χ2n) is 22.2. The zero-order valence-corrected chi connectivity index (χ0v) is 46.0. The lowest BCUT2D eigenvalue weighted by Crippen LogP contribution is -2.63. The van der Waals surface area contributed by atoms with Crippen LogP contribution in [0, 0.1) is 5.92 Å². The van der Waals surface area contributed by atoms with Crippen LogP contribution in [-0.2, 0) is 62.5 Å². The number of hydrogen-bond donors (Lipinski definition) is 10. The van der Waals surface area contributed by atoms with Crippen molar-refractivity contribution in [2.45, 2.75) is 164 Å². The number of nitrogens with one attached hydrogen (secondary N) is 5. The number of carbonyl (C=O) groups excluding carboxylic acids is 9. The Kier molecular flexibility index (Phi) is 20.2. The zero-order valence-electron chi connectivity index (χ0n) is 46.0. The van der Waals surface area contributed by atoms with Crippen molar-refractivity contribution in [3.8, 4) is 0 Å². The minimum atomic E-state index is -1.33. The molecule has 5 heterocycles. The lowest BCUT2D eigenvalue weighted by atomic mass is 9.84. The summed E-state index contributed by atoms with van der Waals surface area (Å²) in [5.41, 5.74) is 30.6. The van der Waals surface area contributed by atoms with E-state index in [9.17, 15) is 33.6 Å². The third-order valence-electron chi connectivity index (χ3n) is 16.7. The summed E-state index contributed by atoms with van der Waals surface area (Å²) in [7, 11) is 0. The average Bonchev–Trinajstić information content (AvgIpc) is 4.36. The molecule has 25 nitrogen and oxygen atoms in total. The Morgan fingerprint density at radius 2 is 1.41 bits per heavy atom. The van der Waals surface area contributed by atoms with Gasteiger partial charge in [0.05, 0.1) is 12.6 Å². The van der Waals surface area contributed by atoms with Crippen molar-refractivity contribution in [3.05, 3.63) is 71.3 Å². The first-order chi connectivity index (χ1) is 39.0. The second-order valence-corrected chi connectivity index (χ2v) is 22.2. The van der Waals surface area contributed by atoms with E-state index < -0.39 is 90.3 Å². The minimum absolute atomic E-state index is 0.0240. The number of rotatable bonds is 18. The van der Waals surface area contributed by atoms with Crippen LogP contribution in [0.5, 0.6) is 0 Å². The maximum absolute atomic E-state index is 15.4. The highest BCUT2D eigenvalue weighted by Crippen LogP contribution is 2.41. The van der Waals surface area contributed by atoms with Gasteiger partial charge in [-0.1, -0.05) is 67.4 Å². The van der Waals surface area contributed by atoms with Crippen LogP contribution in [0.25, 0.3) is 0 Å². The van der Waals surface area contributed by atoms with Crippen molar-refractivity contribution < 1.29 is 43.2 Å². The lowest BCUT2D eigenvalue weighted by Gasteiger charge is -2.43. The van der Waals surface area contributed by atoms with Crippen LogP contribution in [0.2, 0.25) is 0 Å². The predicted octanol–water partition coefficient (Wildman–Crippen LogP) is -2.15. The van der Waals surface area contributed by atoms with E-state index in [2.05, 4.69) is 36.6 Å². The van der Waals surface area contributed by atoms with Gasteiger partial charge in [0.15, 0.2) is 11.9 Å². The van der Waals surface area contributed by atoms with E-state index in [1.165, 1.54) is 14.7 Å². The van der Waals surface area contributed by atoms with Gasteiger partial charge < -0.3 is 74.9 Å². The molecule has 438 valence electrons. The molecule has 5 fully saturated rings. The Hall–Kier alpha value is -7.83. The van der Waals surface area contributed by atoms with Crippen LogP contribution in [-0.4, -0.2) is 178 Å². The van der Waals surface area contributed by atoms with Gasteiger partial charge in [-0.25, -0.2) is 0 Å². The fraction of sp³-hybridized carbons (Fsp3) is 0.589. The number of aliphatic imine (C=N–C) groups is 2. The molecule has 0 bridgehead atoms. The molecule has 81 heavy (non-hydrogen) atoms. The molecule has 10 atom stereocenters. The first-order valence-electron chi connectivity index (χ1n) is 28.6. The van der Waals surface area contributed by atoms with Gasteiger partial charge in [-0.05, 0) is 99.7 Å². The average molecular weight is 1120 g/mol. The van der Waals surface area contributed by atoms with Gasteiger partial charge in [0.25, 0.3) is 0 Å². The first-order valence-corrected chi connectivity index (χ1v) is 28.6. The number of amides is 9. The minimum Gasteiger partial charge on any atom is -0.370 e. The van der Waals surface area contributed by atoms with Gasteiger partial charge in [-0.3, -0.25) is 53.1 Å². The summed E-state index contributed by atoms with van der Waals surface area (Å²) in [6.45, 7) is 0.436. The van der Waals surface area contributed by atoms with Crippen molar-refractivity contribution in [1.82, 2.24) is 46.2 Å². The number of hydrogen-bond acceptors (Lipinski definition) is 12. The van der Waals surface area contributed by atoms with Crippen LogP contribution >= 0.6 is 0 Å². The van der Waals surface area contributed by atoms with Crippen molar-refractivity contribution in [2.75, 3.05) is 39.3 Å². The molecule has 15 N–H and O–H groups in total. The summed E-state index contributed by atoms with van der Waals surface area (Å²) >= 11 is 0. The topological polar surface area (TPSA) is 382 Å². The van der Waals surface area contributed by atoms with E-state index in [1.54, 1.807) is 35.2 Å². The number of likely N-dealkylation sites (tertiary alicyclic amines) is 2. The molecule has 2 aromatic rings. The smallest absolute Gasteiger partial charge is 0.246 e. The largest absolute Gasteiger partial charge is 0.370 e. The predicted molar refractivity (Wildman–Crippen MR) is 299 cm³/mol. The zero-order chi connectivity index (χ0) is 57.7. The highest BCUT2D eigenvalue weighted by molar-refractivity contribution is 5.99. The van der Waals surface area contributed by atoms with E-state index in [0.717, 1.165) is 30.4 Å². The quantitative estimate of drug-likeness (QED) is 0.0433. The lowest BCUT2D eigenvalue weighted by molar-refractivity contribution is -0.153. The molecule has 5 aliphatic heterocycles. The van der Waals surface area contributed by atoms with Crippen LogP contribution in [0.3, 0.4) is 0 Å². The molecular formula is C56H80N16O9. The van der Waals surface area contributed by atoms with Gasteiger partial charge in [-0.2, -0.15) is 0 Å². The van der Waals surface area contributed by atoms with Gasteiger partial charge in [-0.15, -0.1) is 0 Å². The van der Waals surface area contributed by atoms with E-state index in [4.69, 9.17) is 28.7 Å². The summed E-state index contributed by atoms with van der Waals surface area (Å²) in [5.74, 6) is -4.90. The Balaban J connectivity index is 0.996. The molecule has 9 amide bonds. The van der Waals surface area contributed by atoms with Crippen LogP contribution in [0.15, 0.2) is 64.6 Å². The first kappa shape index (κ1) is 59.3. The Labute approximate surface area is 471 Å². The Morgan fingerprint density at radius 3 is 2.15 bits per heavy atom. The number of carbonyl (C=O) groups is 9. The van der Waals surface area contributed by atoms with Gasteiger partial charge in [0.1, 0.15) is 42.3 Å². The molecule has 4 saturated heterocycles. The third kappa shape index (κ3) is 14.8. The Morgan fingerprint density at radius 1 is 0.728 bits per heavy atom. The van der Waals surface area contributed by atoms with E-state index in [-0.39, 0.29) is 93.5 Å². The number of nitrogens with two attached hydrogens (primary N) is 5. The summed E-state index contributed by atoms with van der Waals surface area (Å²) in [4.78, 5) is 144. The van der Waals surface area contributed by atoms with Crippen LogP contribution < -0.4 is 55.3 Å². The highest BCUT2D eigenvalue weighted by Gasteiger charge is 2.52. The molecule has 8 rings (SSSR count). The number of nitrogens with zero attached hydrogens (tertiary/aromatic N) is 6. The highest BCUT2D eigenvalue weighted by atomic mass is 16.2. The van der Waals surface area contributed by atoms with Gasteiger partial charge in [0, 0.05) is 58.2 Å². The Bertz CT molecular complexity index is 2700. The summed E-state index contributed by atoms with van der Waals surface area (Å²) < 4.78 is 0. The molecule has 0 radical (unpaired) electrons. The number of guanidine groups is 2. The van der Waals surface area contributed by atoms with E-state index in [1.807, 2.05) is 24.3 Å². The van der Waals surface area contributed by atoms with E-state index >= 15 is 9.59 Å². The van der Waals surface area contributed by atoms with Crippen molar-refractivity contribution >= 4 is 65.1 Å². The van der Waals surface area contributed by atoms with Crippen LogP contribution in [0.4, 0.5) is 0 Å². The molecule has 0 spiro atoms. The fourth-order valence-electron chi connectivity index (χ4n) is 12.6. The normalized spacial score (nSPS) is 25.5. The molecule has 25 heteroatoms. The molecular weight excluding hydrogens is 1040 g/mol. The molecule has 2 unspecified atom stereocenters. The SMILES string of the molecule is NC(N)=NCCC[C@@H]1NC(=O)[C@@H]2CC3CCCCC3N2C(=O)[C@H]2Cc3ccccc3CN2C(=O)[C@@H](NC(=O)[C@H](Cc2ccccc2)NC(=O)CNC(=O)[C@@H]2CCCN2C(=O)[C@@H]2CCCN2C(=O)[C@@H](N)CCCN=C(N)N)CCNC1=O. The van der Waals surface area contributed by atoms with Crippen molar-refractivity contribution in [1.29, 1.82) is 0 Å². The van der Waals surface area contributed by atoms with Gasteiger partial charge in [0.2, 0.25) is 53.2 Å².